The van der Waals surface area contributed by atoms with Crippen LogP contribution in [-0.4, -0.2) is 22.5 Å². The molecule has 0 aromatic carbocycles. The van der Waals surface area contributed by atoms with E-state index in [4.69, 9.17) is 9.52 Å². The maximum atomic E-state index is 12.0. The summed E-state index contributed by atoms with van der Waals surface area (Å²) in [5.41, 5.74) is -0.203. The van der Waals surface area contributed by atoms with Crippen LogP contribution in [0.25, 0.3) is 0 Å². The molecular formula is C13H17NO4. The van der Waals surface area contributed by atoms with Crippen molar-refractivity contribution in [3.63, 3.8) is 0 Å². The molecule has 5 heteroatoms. The molecule has 0 atom stereocenters. The fourth-order valence-corrected chi connectivity index (χ4v) is 2.37. The molecular weight excluding hydrogens is 234 g/mol. The van der Waals surface area contributed by atoms with E-state index < -0.39 is 5.97 Å². The molecule has 1 saturated carbocycles. The summed E-state index contributed by atoms with van der Waals surface area (Å²) in [5, 5.41) is 11.7. The maximum Gasteiger partial charge on any atom is 0.371 e. The third-order valence-corrected chi connectivity index (χ3v) is 3.41. The highest BCUT2D eigenvalue weighted by Gasteiger charge is 2.29. The number of hydrogen-bond donors (Lipinski definition) is 2. The van der Waals surface area contributed by atoms with Gasteiger partial charge < -0.3 is 14.8 Å². The molecule has 2 N–H and O–H groups in total. The van der Waals surface area contributed by atoms with E-state index in [1.165, 1.54) is 18.6 Å². The molecule has 0 radical (unpaired) electrons. The summed E-state index contributed by atoms with van der Waals surface area (Å²) >= 11 is 0. The molecule has 1 aliphatic carbocycles. The van der Waals surface area contributed by atoms with Gasteiger partial charge in [0.1, 0.15) is 0 Å². The molecule has 1 heterocycles. The monoisotopic (exact) mass is 251 g/mol. The first-order valence-corrected chi connectivity index (χ1v) is 6.16. The van der Waals surface area contributed by atoms with Gasteiger partial charge in [-0.05, 0) is 31.9 Å². The Kier molecular flexibility index (Phi) is 3.41. The van der Waals surface area contributed by atoms with E-state index in [1.54, 1.807) is 0 Å². The number of carboxylic acids is 1. The second kappa shape index (κ2) is 4.84. The van der Waals surface area contributed by atoms with E-state index in [2.05, 4.69) is 5.32 Å². The maximum absolute atomic E-state index is 12.0. The van der Waals surface area contributed by atoms with Gasteiger partial charge >= 0.3 is 5.97 Å². The summed E-state index contributed by atoms with van der Waals surface area (Å²) in [6.07, 6.45) is 5.32. The fraction of sp³-hybridized carbons (Fsp3) is 0.538. The highest BCUT2D eigenvalue weighted by molar-refractivity contribution is 5.93. The van der Waals surface area contributed by atoms with E-state index in [0.717, 1.165) is 25.7 Å². The van der Waals surface area contributed by atoms with Crippen LogP contribution in [0, 0.1) is 0 Å². The first-order valence-electron chi connectivity index (χ1n) is 6.16. The average molecular weight is 251 g/mol. The number of carboxylic acid groups (broad SMARTS) is 1. The Labute approximate surface area is 105 Å². The van der Waals surface area contributed by atoms with Crippen LogP contribution >= 0.6 is 0 Å². The minimum atomic E-state index is -1.17. The Morgan fingerprint density at radius 2 is 1.83 bits per heavy atom. The molecule has 1 fully saturated rings. The van der Waals surface area contributed by atoms with Gasteiger partial charge in [0.2, 0.25) is 5.76 Å². The van der Waals surface area contributed by atoms with Gasteiger partial charge in [-0.1, -0.05) is 19.3 Å². The Morgan fingerprint density at radius 1 is 1.22 bits per heavy atom. The molecule has 5 nitrogen and oxygen atoms in total. The van der Waals surface area contributed by atoms with E-state index in [1.807, 2.05) is 6.92 Å². The molecule has 98 valence electrons. The minimum absolute atomic E-state index is 0.0548. The second-order valence-electron chi connectivity index (χ2n) is 5.04. The van der Waals surface area contributed by atoms with Crippen LogP contribution in [0.1, 0.15) is 60.1 Å². The first-order chi connectivity index (χ1) is 8.50. The number of rotatable bonds is 3. The summed E-state index contributed by atoms with van der Waals surface area (Å²) in [5.74, 6) is -1.67. The highest BCUT2D eigenvalue weighted by atomic mass is 16.4. The number of hydrogen-bond acceptors (Lipinski definition) is 3. The number of carbonyl (C=O) groups excluding carboxylic acids is 1. The number of furan rings is 1. The van der Waals surface area contributed by atoms with E-state index in [9.17, 15) is 9.59 Å². The largest absolute Gasteiger partial charge is 0.475 e. The van der Waals surface area contributed by atoms with Crippen molar-refractivity contribution in [2.45, 2.75) is 44.6 Å². The second-order valence-corrected chi connectivity index (χ2v) is 5.04. The van der Waals surface area contributed by atoms with Crippen LogP contribution in [-0.2, 0) is 0 Å². The lowest BCUT2D eigenvalue weighted by atomic mass is 9.83. The predicted octanol–water partition coefficient (Wildman–Crippen LogP) is 2.43. The smallest absolute Gasteiger partial charge is 0.371 e. The highest BCUT2D eigenvalue weighted by Crippen LogP contribution is 2.27. The van der Waals surface area contributed by atoms with Crippen LogP contribution in [0.3, 0.4) is 0 Å². The van der Waals surface area contributed by atoms with Crippen molar-refractivity contribution < 1.29 is 19.1 Å². The quantitative estimate of drug-likeness (QED) is 0.864. The zero-order chi connectivity index (χ0) is 13.2. The fourth-order valence-electron chi connectivity index (χ4n) is 2.37. The standard InChI is InChI=1S/C13H17NO4/c1-13(7-3-2-4-8-13)14-11(15)9-5-6-10(18-9)12(16)17/h5-6H,2-4,7-8H2,1H3,(H,14,15)(H,16,17). The molecule has 0 spiro atoms. The minimum Gasteiger partial charge on any atom is -0.475 e. The molecule has 0 unspecified atom stereocenters. The van der Waals surface area contributed by atoms with Crippen molar-refractivity contribution in [1.29, 1.82) is 0 Å². The zero-order valence-corrected chi connectivity index (χ0v) is 10.4. The molecule has 1 amide bonds. The van der Waals surface area contributed by atoms with Gasteiger partial charge in [-0.15, -0.1) is 0 Å². The molecule has 0 aliphatic heterocycles. The van der Waals surface area contributed by atoms with Crippen LogP contribution < -0.4 is 5.32 Å². The molecule has 0 bridgehead atoms. The van der Waals surface area contributed by atoms with Gasteiger partial charge in [0.25, 0.3) is 5.91 Å². The summed E-state index contributed by atoms with van der Waals surface area (Å²) in [7, 11) is 0. The SMILES string of the molecule is CC1(NC(=O)c2ccc(C(=O)O)o2)CCCCC1. The van der Waals surface area contributed by atoms with Crippen LogP contribution in [0.5, 0.6) is 0 Å². The third-order valence-electron chi connectivity index (χ3n) is 3.41. The van der Waals surface area contributed by atoms with Crippen molar-refractivity contribution in [3.05, 3.63) is 23.7 Å². The van der Waals surface area contributed by atoms with Crippen molar-refractivity contribution in [2.75, 3.05) is 0 Å². The summed E-state index contributed by atoms with van der Waals surface area (Å²) in [6.45, 7) is 2.02. The molecule has 0 saturated heterocycles. The molecule has 1 aliphatic rings. The number of nitrogens with one attached hydrogen (secondary N) is 1. The van der Waals surface area contributed by atoms with Gasteiger partial charge in [0.05, 0.1) is 0 Å². The van der Waals surface area contributed by atoms with E-state index in [0.29, 0.717) is 0 Å². The Balaban J connectivity index is 2.04. The topological polar surface area (TPSA) is 79.5 Å². The number of amides is 1. The van der Waals surface area contributed by atoms with Crippen molar-refractivity contribution in [1.82, 2.24) is 5.32 Å². The Hall–Kier alpha value is -1.78. The molecule has 1 aromatic rings. The van der Waals surface area contributed by atoms with Crippen molar-refractivity contribution >= 4 is 11.9 Å². The van der Waals surface area contributed by atoms with Crippen LogP contribution in [0.2, 0.25) is 0 Å². The number of carbonyl (C=O) groups is 2. The number of aromatic carboxylic acids is 1. The molecule has 1 aromatic heterocycles. The molecule has 18 heavy (non-hydrogen) atoms. The summed E-state index contributed by atoms with van der Waals surface area (Å²) in [4.78, 5) is 22.6. The van der Waals surface area contributed by atoms with Gasteiger partial charge in [-0.3, -0.25) is 4.79 Å². The van der Waals surface area contributed by atoms with Gasteiger partial charge in [-0.2, -0.15) is 0 Å². The lowest BCUT2D eigenvalue weighted by molar-refractivity contribution is 0.0658. The van der Waals surface area contributed by atoms with E-state index in [-0.39, 0.29) is 23.0 Å². The van der Waals surface area contributed by atoms with Crippen molar-refractivity contribution in [2.24, 2.45) is 0 Å². The summed E-state index contributed by atoms with van der Waals surface area (Å²) < 4.78 is 4.98. The Bertz CT molecular complexity index is 457. The zero-order valence-electron chi connectivity index (χ0n) is 10.4. The lowest BCUT2D eigenvalue weighted by Gasteiger charge is -2.34. The normalized spacial score (nSPS) is 18.3. The van der Waals surface area contributed by atoms with Crippen molar-refractivity contribution in [3.8, 4) is 0 Å². The third kappa shape index (κ3) is 2.72. The predicted molar refractivity (Wildman–Crippen MR) is 64.6 cm³/mol. The van der Waals surface area contributed by atoms with E-state index >= 15 is 0 Å². The van der Waals surface area contributed by atoms with Crippen LogP contribution in [0.15, 0.2) is 16.5 Å². The Morgan fingerprint density at radius 3 is 2.39 bits per heavy atom. The van der Waals surface area contributed by atoms with Crippen LogP contribution in [0.4, 0.5) is 0 Å². The van der Waals surface area contributed by atoms with Gasteiger partial charge in [0.15, 0.2) is 5.76 Å². The first kappa shape index (κ1) is 12.7. The lowest BCUT2D eigenvalue weighted by Crippen LogP contribution is -2.47. The summed E-state index contributed by atoms with van der Waals surface area (Å²) in [6, 6.07) is 2.69. The average Bonchev–Trinajstić information content (AvgIpc) is 2.78. The molecule has 2 rings (SSSR count). The van der Waals surface area contributed by atoms with Gasteiger partial charge in [-0.25, -0.2) is 4.79 Å². The van der Waals surface area contributed by atoms with Gasteiger partial charge in [0, 0.05) is 5.54 Å².